The van der Waals surface area contributed by atoms with Gasteiger partial charge in [0.15, 0.2) is 0 Å². The second-order valence-corrected chi connectivity index (χ2v) is 6.84. The van der Waals surface area contributed by atoms with Crippen LogP contribution in [0, 0.1) is 0 Å². The number of ether oxygens (including phenoxy) is 1. The van der Waals surface area contributed by atoms with Gasteiger partial charge >= 0.3 is 0 Å². The van der Waals surface area contributed by atoms with E-state index in [2.05, 4.69) is 46.4 Å². The third kappa shape index (κ3) is 4.38. The Balaban J connectivity index is 1.32. The molecule has 0 spiro atoms. The minimum absolute atomic E-state index is 0.547. The molecule has 0 aliphatic rings. The first-order valence-electron chi connectivity index (χ1n) is 9.46. The lowest BCUT2D eigenvalue weighted by molar-refractivity contribution is 0.259. The number of rotatable bonds is 8. The number of fused-ring (bicyclic) bond motifs is 1. The van der Waals surface area contributed by atoms with Crippen molar-refractivity contribution in [3.8, 4) is 17.0 Å². The molecule has 0 unspecified atom stereocenters. The highest BCUT2D eigenvalue weighted by molar-refractivity contribution is 5.89. The fourth-order valence-electron chi connectivity index (χ4n) is 3.22. The first-order chi connectivity index (χ1) is 13.8. The van der Waals surface area contributed by atoms with Gasteiger partial charge in [0.25, 0.3) is 5.71 Å². The molecule has 28 heavy (non-hydrogen) atoms. The van der Waals surface area contributed by atoms with Crippen LogP contribution in [0.2, 0.25) is 0 Å². The predicted octanol–water partition coefficient (Wildman–Crippen LogP) is 4.79. The van der Waals surface area contributed by atoms with E-state index >= 15 is 0 Å². The zero-order chi connectivity index (χ0) is 19.2. The van der Waals surface area contributed by atoms with Crippen molar-refractivity contribution in [2.24, 2.45) is 0 Å². The molecular weight excluding hydrogens is 350 g/mol. The molecule has 5 nitrogen and oxygen atoms in total. The van der Waals surface area contributed by atoms with Crippen LogP contribution in [-0.2, 0) is 6.54 Å². The van der Waals surface area contributed by atoms with E-state index in [1.807, 2.05) is 42.5 Å². The molecule has 0 aliphatic carbocycles. The summed E-state index contributed by atoms with van der Waals surface area (Å²) in [5.74, 6) is 0.836. The molecule has 0 N–H and O–H groups in total. The zero-order valence-corrected chi connectivity index (χ0v) is 15.9. The molecule has 0 radical (unpaired) electrons. The van der Waals surface area contributed by atoms with Gasteiger partial charge in [-0.25, -0.2) is 4.98 Å². The third-order valence-electron chi connectivity index (χ3n) is 4.61. The summed E-state index contributed by atoms with van der Waals surface area (Å²) in [7, 11) is 2.14. The summed E-state index contributed by atoms with van der Waals surface area (Å²) >= 11 is 0. The number of aromatic nitrogens is 2. The van der Waals surface area contributed by atoms with Gasteiger partial charge in [0.05, 0.1) is 12.0 Å². The first kappa shape index (κ1) is 18.2. The van der Waals surface area contributed by atoms with Gasteiger partial charge in [-0.15, -0.1) is 0 Å². The summed E-state index contributed by atoms with van der Waals surface area (Å²) in [6.45, 7) is 2.60. The van der Waals surface area contributed by atoms with Crippen molar-refractivity contribution in [2.45, 2.75) is 13.0 Å². The largest absolute Gasteiger partial charge is 0.494 e. The van der Waals surface area contributed by atoms with E-state index in [4.69, 9.17) is 9.26 Å². The van der Waals surface area contributed by atoms with Crippen molar-refractivity contribution in [1.82, 2.24) is 15.0 Å². The van der Waals surface area contributed by atoms with Crippen molar-refractivity contribution in [2.75, 3.05) is 20.2 Å². The van der Waals surface area contributed by atoms with Gasteiger partial charge in [-0.3, -0.25) is 0 Å². The van der Waals surface area contributed by atoms with Gasteiger partial charge in [0.1, 0.15) is 11.4 Å². The predicted molar refractivity (Wildman–Crippen MR) is 110 cm³/mol. The molecule has 0 amide bonds. The van der Waals surface area contributed by atoms with Gasteiger partial charge in [0, 0.05) is 24.8 Å². The highest BCUT2D eigenvalue weighted by Crippen LogP contribution is 2.28. The van der Waals surface area contributed by atoms with Crippen LogP contribution in [0.15, 0.2) is 77.4 Å². The van der Waals surface area contributed by atoms with Gasteiger partial charge in [-0.2, -0.15) is 0 Å². The maximum atomic E-state index is 5.96. The Hall–Kier alpha value is -3.18. The molecule has 4 rings (SSSR count). The number of benzene rings is 2. The Kier molecular flexibility index (Phi) is 5.64. The number of hydrogen-bond acceptors (Lipinski definition) is 5. The molecule has 2 aromatic carbocycles. The summed E-state index contributed by atoms with van der Waals surface area (Å²) in [6.07, 6.45) is 2.66. The Morgan fingerprint density at radius 3 is 2.79 bits per heavy atom. The van der Waals surface area contributed by atoms with Crippen LogP contribution >= 0.6 is 0 Å². The van der Waals surface area contributed by atoms with E-state index in [9.17, 15) is 0 Å². The number of pyridine rings is 1. The quantitative estimate of drug-likeness (QED) is 0.416. The van der Waals surface area contributed by atoms with Gasteiger partial charge in [-0.05, 0) is 43.3 Å². The monoisotopic (exact) mass is 373 g/mol. The summed E-state index contributed by atoms with van der Waals surface area (Å²) < 4.78 is 11.3. The molecule has 2 heterocycles. The van der Waals surface area contributed by atoms with Crippen molar-refractivity contribution < 1.29 is 9.26 Å². The van der Waals surface area contributed by atoms with E-state index < -0.39 is 0 Å². The molecule has 5 heteroatoms. The van der Waals surface area contributed by atoms with E-state index in [1.165, 1.54) is 5.56 Å². The Morgan fingerprint density at radius 1 is 1.00 bits per heavy atom. The topological polar surface area (TPSA) is 51.4 Å². The van der Waals surface area contributed by atoms with Crippen molar-refractivity contribution >= 4 is 11.1 Å². The average molecular weight is 373 g/mol. The lowest BCUT2D eigenvalue weighted by atomic mass is 10.1. The molecule has 0 saturated heterocycles. The van der Waals surface area contributed by atoms with E-state index in [0.717, 1.165) is 41.9 Å². The summed E-state index contributed by atoms with van der Waals surface area (Å²) in [6, 6.07) is 22.3. The Morgan fingerprint density at radius 2 is 1.89 bits per heavy atom. The van der Waals surface area contributed by atoms with Gasteiger partial charge in [-0.1, -0.05) is 47.6 Å². The second kappa shape index (κ2) is 8.67. The third-order valence-corrected chi connectivity index (χ3v) is 4.61. The average Bonchev–Trinajstić information content (AvgIpc) is 3.16. The van der Waals surface area contributed by atoms with Gasteiger partial charge in [0.2, 0.25) is 0 Å². The lowest BCUT2D eigenvalue weighted by Gasteiger charge is -2.16. The van der Waals surface area contributed by atoms with Gasteiger partial charge < -0.3 is 14.2 Å². The molecule has 0 saturated carbocycles. The van der Waals surface area contributed by atoms with Crippen LogP contribution < -0.4 is 4.74 Å². The molecule has 0 bridgehead atoms. The zero-order valence-electron chi connectivity index (χ0n) is 15.9. The standard InChI is InChI=1S/C23H23N3O2/c1-26(17-18-8-3-2-4-9-18)14-7-15-27-20-11-5-10-19(16-20)22-21-12-6-13-24-23(21)28-25-22/h2-6,8-13,16H,7,14-15,17H2,1H3. The highest BCUT2D eigenvalue weighted by atomic mass is 16.5. The molecule has 0 atom stereocenters. The van der Waals surface area contributed by atoms with Crippen molar-refractivity contribution in [1.29, 1.82) is 0 Å². The molecule has 142 valence electrons. The van der Waals surface area contributed by atoms with Crippen LogP contribution in [0.1, 0.15) is 12.0 Å². The van der Waals surface area contributed by atoms with E-state index in [-0.39, 0.29) is 0 Å². The number of nitrogens with zero attached hydrogens (tertiary/aromatic N) is 3. The summed E-state index contributed by atoms with van der Waals surface area (Å²) in [5, 5.41) is 5.07. The normalized spacial score (nSPS) is 11.2. The lowest BCUT2D eigenvalue weighted by Crippen LogP contribution is -2.20. The summed E-state index contributed by atoms with van der Waals surface area (Å²) in [5.41, 5.74) is 3.62. The van der Waals surface area contributed by atoms with Crippen molar-refractivity contribution in [3.63, 3.8) is 0 Å². The second-order valence-electron chi connectivity index (χ2n) is 6.84. The molecule has 0 fully saturated rings. The molecular formula is C23H23N3O2. The van der Waals surface area contributed by atoms with Crippen molar-refractivity contribution in [3.05, 3.63) is 78.5 Å². The summed E-state index contributed by atoms with van der Waals surface area (Å²) in [4.78, 5) is 6.50. The minimum atomic E-state index is 0.547. The fraction of sp³-hybridized carbons (Fsp3) is 0.217. The first-order valence-corrected chi connectivity index (χ1v) is 9.46. The SMILES string of the molecule is CN(CCCOc1cccc(-c2noc3ncccc23)c1)Cc1ccccc1. The smallest absolute Gasteiger partial charge is 0.258 e. The van der Waals surface area contributed by atoms with E-state index in [0.29, 0.717) is 12.3 Å². The van der Waals surface area contributed by atoms with Crippen LogP contribution in [0.25, 0.3) is 22.4 Å². The van der Waals surface area contributed by atoms with Crippen LogP contribution in [0.5, 0.6) is 5.75 Å². The Labute approximate surface area is 164 Å². The molecule has 0 aliphatic heterocycles. The maximum Gasteiger partial charge on any atom is 0.258 e. The van der Waals surface area contributed by atoms with Crippen LogP contribution in [-0.4, -0.2) is 35.2 Å². The highest BCUT2D eigenvalue weighted by Gasteiger charge is 2.11. The maximum absolute atomic E-state index is 5.96. The van der Waals surface area contributed by atoms with Crippen LogP contribution in [0.3, 0.4) is 0 Å². The van der Waals surface area contributed by atoms with E-state index in [1.54, 1.807) is 6.20 Å². The number of hydrogen-bond donors (Lipinski definition) is 0. The molecule has 2 aromatic heterocycles. The Bertz CT molecular complexity index is 1030. The van der Waals surface area contributed by atoms with Crippen LogP contribution in [0.4, 0.5) is 0 Å². The minimum Gasteiger partial charge on any atom is -0.494 e. The molecule has 4 aromatic rings. The fourth-order valence-corrected chi connectivity index (χ4v) is 3.22.